The third-order valence-corrected chi connectivity index (χ3v) is 3.81. The molecule has 22 heavy (non-hydrogen) atoms. The molecule has 124 valence electrons. The quantitative estimate of drug-likeness (QED) is 0.833. The SMILES string of the molecule is COCCN1CCN(c2cccc(OC(F)(F)F)c2C)CC1. The van der Waals surface area contributed by atoms with Crippen LogP contribution in [0.4, 0.5) is 18.9 Å². The van der Waals surface area contributed by atoms with E-state index in [2.05, 4.69) is 14.5 Å². The topological polar surface area (TPSA) is 24.9 Å². The molecule has 1 aromatic rings. The Labute approximate surface area is 128 Å². The minimum Gasteiger partial charge on any atom is -0.405 e. The molecule has 0 atom stereocenters. The second-order valence-corrected chi connectivity index (χ2v) is 5.27. The number of nitrogens with zero attached hydrogens (tertiary/aromatic N) is 2. The summed E-state index contributed by atoms with van der Waals surface area (Å²) in [6, 6.07) is 4.78. The van der Waals surface area contributed by atoms with Crippen molar-refractivity contribution in [3.8, 4) is 5.75 Å². The molecule has 0 aromatic heterocycles. The molecule has 1 heterocycles. The Morgan fingerprint density at radius 3 is 2.41 bits per heavy atom. The maximum atomic E-state index is 12.4. The molecule has 0 spiro atoms. The predicted octanol–water partition coefficient (Wildman–Crippen LogP) is 2.66. The van der Waals surface area contributed by atoms with Gasteiger partial charge in [-0.1, -0.05) is 6.07 Å². The van der Waals surface area contributed by atoms with Gasteiger partial charge in [0.25, 0.3) is 0 Å². The molecule has 0 N–H and O–H groups in total. The Balaban J connectivity index is 2.03. The van der Waals surface area contributed by atoms with Gasteiger partial charge in [-0.05, 0) is 19.1 Å². The smallest absolute Gasteiger partial charge is 0.405 e. The highest BCUT2D eigenvalue weighted by Gasteiger charge is 2.32. The Hall–Kier alpha value is -1.47. The fraction of sp³-hybridized carbons (Fsp3) is 0.600. The van der Waals surface area contributed by atoms with E-state index >= 15 is 0 Å². The number of benzene rings is 1. The van der Waals surface area contributed by atoms with Crippen molar-refractivity contribution in [3.05, 3.63) is 23.8 Å². The van der Waals surface area contributed by atoms with Gasteiger partial charge in [0.1, 0.15) is 5.75 Å². The molecule has 0 saturated carbocycles. The Bertz CT molecular complexity index is 486. The molecule has 7 heteroatoms. The molecule has 1 fully saturated rings. The first kappa shape index (κ1) is 16.9. The Kier molecular flexibility index (Phi) is 5.52. The molecular weight excluding hydrogens is 297 g/mol. The zero-order valence-corrected chi connectivity index (χ0v) is 12.8. The first-order chi connectivity index (χ1) is 10.4. The normalized spacial score (nSPS) is 16.9. The summed E-state index contributed by atoms with van der Waals surface area (Å²) >= 11 is 0. The number of hydrogen-bond donors (Lipinski definition) is 0. The average molecular weight is 318 g/mol. The first-order valence-corrected chi connectivity index (χ1v) is 7.22. The van der Waals surface area contributed by atoms with Crippen molar-refractivity contribution in [3.63, 3.8) is 0 Å². The summed E-state index contributed by atoms with van der Waals surface area (Å²) in [6.07, 6.45) is -4.66. The van der Waals surface area contributed by atoms with Crippen molar-refractivity contribution in [2.45, 2.75) is 13.3 Å². The molecule has 1 aliphatic heterocycles. The van der Waals surface area contributed by atoms with E-state index in [1.807, 2.05) is 6.07 Å². The number of halogens is 3. The fourth-order valence-electron chi connectivity index (χ4n) is 2.61. The molecule has 1 aromatic carbocycles. The van der Waals surface area contributed by atoms with Crippen molar-refractivity contribution in [2.75, 3.05) is 51.3 Å². The van der Waals surface area contributed by atoms with E-state index < -0.39 is 6.36 Å². The third kappa shape index (κ3) is 4.51. The zero-order valence-electron chi connectivity index (χ0n) is 12.8. The lowest BCUT2D eigenvalue weighted by Crippen LogP contribution is -2.47. The molecule has 0 bridgehead atoms. The first-order valence-electron chi connectivity index (χ1n) is 7.22. The number of anilines is 1. The van der Waals surface area contributed by atoms with E-state index in [1.165, 1.54) is 6.07 Å². The van der Waals surface area contributed by atoms with Crippen molar-refractivity contribution in [1.29, 1.82) is 0 Å². The highest BCUT2D eigenvalue weighted by Crippen LogP contribution is 2.32. The van der Waals surface area contributed by atoms with E-state index in [4.69, 9.17) is 4.74 Å². The minimum atomic E-state index is -4.66. The maximum Gasteiger partial charge on any atom is 0.573 e. The molecule has 0 radical (unpaired) electrons. The summed E-state index contributed by atoms with van der Waals surface area (Å²) in [5.41, 5.74) is 1.32. The van der Waals surface area contributed by atoms with Crippen LogP contribution in [0.15, 0.2) is 18.2 Å². The lowest BCUT2D eigenvalue weighted by atomic mass is 10.1. The van der Waals surface area contributed by atoms with Gasteiger partial charge in [-0.3, -0.25) is 4.90 Å². The number of methoxy groups -OCH3 is 1. The van der Waals surface area contributed by atoms with Gasteiger partial charge in [0, 0.05) is 51.1 Å². The molecule has 1 aliphatic rings. The van der Waals surface area contributed by atoms with E-state index in [-0.39, 0.29) is 5.75 Å². The molecule has 0 aliphatic carbocycles. The second-order valence-electron chi connectivity index (χ2n) is 5.27. The van der Waals surface area contributed by atoms with Gasteiger partial charge in [0.05, 0.1) is 6.61 Å². The predicted molar refractivity (Wildman–Crippen MR) is 78.4 cm³/mol. The van der Waals surface area contributed by atoms with Crippen LogP contribution in [0.3, 0.4) is 0 Å². The summed E-state index contributed by atoms with van der Waals surface area (Å²) in [7, 11) is 1.67. The second kappa shape index (κ2) is 7.19. The van der Waals surface area contributed by atoms with Gasteiger partial charge in [0.15, 0.2) is 0 Å². The van der Waals surface area contributed by atoms with Crippen LogP contribution in [0.25, 0.3) is 0 Å². The zero-order chi connectivity index (χ0) is 16.2. The van der Waals surface area contributed by atoms with E-state index in [0.717, 1.165) is 38.4 Å². The monoisotopic (exact) mass is 318 g/mol. The van der Waals surface area contributed by atoms with Gasteiger partial charge >= 0.3 is 6.36 Å². The van der Waals surface area contributed by atoms with Crippen LogP contribution in [0, 0.1) is 6.92 Å². The number of ether oxygens (including phenoxy) is 2. The van der Waals surface area contributed by atoms with Gasteiger partial charge < -0.3 is 14.4 Å². The van der Waals surface area contributed by atoms with Crippen molar-refractivity contribution >= 4 is 5.69 Å². The van der Waals surface area contributed by atoms with E-state index in [1.54, 1.807) is 20.1 Å². The van der Waals surface area contributed by atoms with E-state index in [9.17, 15) is 13.2 Å². The van der Waals surface area contributed by atoms with Crippen LogP contribution in [0.2, 0.25) is 0 Å². The number of rotatable bonds is 5. The van der Waals surface area contributed by atoms with Crippen molar-refractivity contribution in [2.24, 2.45) is 0 Å². The fourth-order valence-corrected chi connectivity index (χ4v) is 2.61. The van der Waals surface area contributed by atoms with Crippen LogP contribution in [-0.4, -0.2) is 57.7 Å². The molecule has 4 nitrogen and oxygen atoms in total. The third-order valence-electron chi connectivity index (χ3n) is 3.81. The van der Waals surface area contributed by atoms with Crippen LogP contribution in [0.1, 0.15) is 5.56 Å². The van der Waals surface area contributed by atoms with Crippen LogP contribution < -0.4 is 9.64 Å². The van der Waals surface area contributed by atoms with Crippen LogP contribution in [-0.2, 0) is 4.74 Å². The molecule has 2 rings (SSSR count). The standard InChI is InChI=1S/C15H21F3N2O2/c1-12-13(4-3-5-14(12)22-15(16,17)18)20-8-6-19(7-9-20)10-11-21-2/h3-5H,6-11H2,1-2H3. The average Bonchev–Trinajstić information content (AvgIpc) is 2.47. The number of alkyl halides is 3. The van der Waals surface area contributed by atoms with Gasteiger partial charge in [0.2, 0.25) is 0 Å². The van der Waals surface area contributed by atoms with Gasteiger partial charge in [-0.15, -0.1) is 13.2 Å². The van der Waals surface area contributed by atoms with Crippen LogP contribution in [0.5, 0.6) is 5.75 Å². The van der Waals surface area contributed by atoms with Gasteiger partial charge in [-0.2, -0.15) is 0 Å². The van der Waals surface area contributed by atoms with Crippen LogP contribution >= 0.6 is 0 Å². The molecule has 0 unspecified atom stereocenters. The summed E-state index contributed by atoms with van der Waals surface area (Å²) in [5.74, 6) is -0.133. The molecule has 1 saturated heterocycles. The van der Waals surface area contributed by atoms with Crippen molar-refractivity contribution in [1.82, 2.24) is 4.90 Å². The number of hydrogen-bond acceptors (Lipinski definition) is 4. The number of piperazine rings is 1. The summed E-state index contributed by atoms with van der Waals surface area (Å²) < 4.78 is 46.4. The van der Waals surface area contributed by atoms with Gasteiger partial charge in [-0.25, -0.2) is 0 Å². The maximum absolute atomic E-state index is 12.4. The Morgan fingerprint density at radius 1 is 1.14 bits per heavy atom. The Morgan fingerprint density at radius 2 is 1.82 bits per heavy atom. The molecule has 0 amide bonds. The summed E-state index contributed by atoms with van der Waals surface area (Å²) in [5, 5.41) is 0. The highest BCUT2D eigenvalue weighted by molar-refractivity contribution is 5.59. The lowest BCUT2D eigenvalue weighted by molar-refractivity contribution is -0.274. The van der Waals surface area contributed by atoms with Crippen molar-refractivity contribution < 1.29 is 22.6 Å². The van der Waals surface area contributed by atoms with E-state index in [0.29, 0.717) is 12.2 Å². The summed E-state index contributed by atoms with van der Waals surface area (Å²) in [4.78, 5) is 4.38. The molecular formula is C15H21F3N2O2. The summed E-state index contributed by atoms with van der Waals surface area (Å²) in [6.45, 7) is 6.52. The minimum absolute atomic E-state index is 0.133. The highest BCUT2D eigenvalue weighted by atomic mass is 19.4. The lowest BCUT2D eigenvalue weighted by Gasteiger charge is -2.36. The largest absolute Gasteiger partial charge is 0.573 e.